The van der Waals surface area contributed by atoms with E-state index in [0.717, 1.165) is 23.6 Å². The largest absolute Gasteiger partial charge is 0.461 e. The van der Waals surface area contributed by atoms with Crippen LogP contribution in [0.15, 0.2) is 11.3 Å². The molecule has 0 aromatic heterocycles. The minimum absolute atomic E-state index is 0.0226. The number of ether oxygens (including phenoxy) is 3. The summed E-state index contributed by atoms with van der Waals surface area (Å²) in [6.45, 7) is -0.553. The van der Waals surface area contributed by atoms with E-state index in [-0.39, 0.29) is 23.6 Å². The van der Waals surface area contributed by atoms with Crippen LogP contribution in [0.4, 0.5) is 0 Å². The van der Waals surface area contributed by atoms with Crippen molar-refractivity contribution in [2.24, 2.45) is 5.73 Å². The van der Waals surface area contributed by atoms with E-state index in [2.05, 4.69) is 0 Å². The molecule has 0 saturated carbocycles. The van der Waals surface area contributed by atoms with Gasteiger partial charge < -0.3 is 25.1 Å². The van der Waals surface area contributed by atoms with Crippen LogP contribution in [0.5, 0.6) is 0 Å². The highest BCUT2D eigenvalue weighted by Gasteiger charge is 2.68. The molecular formula is C16H16Cl6N2O8S. The van der Waals surface area contributed by atoms with Crippen LogP contribution in [0, 0.1) is 0 Å². The Kier molecular flexibility index (Phi) is 9.37. The van der Waals surface area contributed by atoms with Gasteiger partial charge in [-0.15, -0.1) is 11.8 Å². The molecule has 3 N–H and O–H groups in total. The zero-order valence-electron chi connectivity index (χ0n) is 16.5. The molecule has 0 spiro atoms. The van der Waals surface area contributed by atoms with Crippen LogP contribution < -0.4 is 5.73 Å². The summed E-state index contributed by atoms with van der Waals surface area (Å²) in [5.74, 6) is -4.02. The molecule has 2 heterocycles. The molecule has 1 saturated heterocycles. The summed E-state index contributed by atoms with van der Waals surface area (Å²) in [5.41, 5.74) is 3.78. The fraction of sp³-hybridized carbons (Fsp3) is 0.625. The average Bonchev–Trinajstić information content (AvgIpc) is 2.70. The van der Waals surface area contributed by atoms with Gasteiger partial charge in [-0.2, -0.15) is 0 Å². The number of carbonyl (C=O) groups excluding carboxylic acids is 4. The highest BCUT2D eigenvalue weighted by atomic mass is 35.6. The number of hydrogen-bond donors (Lipinski definition) is 2. The molecule has 10 nitrogen and oxygen atoms in total. The van der Waals surface area contributed by atoms with E-state index in [1.54, 1.807) is 0 Å². The predicted molar refractivity (Wildman–Crippen MR) is 122 cm³/mol. The van der Waals surface area contributed by atoms with Gasteiger partial charge in [0.15, 0.2) is 11.6 Å². The number of β-lactam (4-membered cyclic amide) rings is 1. The Morgan fingerprint density at radius 2 is 1.70 bits per heavy atom. The second kappa shape index (κ2) is 10.7. The van der Waals surface area contributed by atoms with Crippen molar-refractivity contribution >= 4 is 105 Å². The number of nitrogens with two attached hydrogens (primary N) is 1. The van der Waals surface area contributed by atoms with Gasteiger partial charge >= 0.3 is 17.9 Å². The lowest BCUT2D eigenvalue weighted by atomic mass is 9.82. The Morgan fingerprint density at radius 3 is 2.21 bits per heavy atom. The van der Waals surface area contributed by atoms with E-state index < -0.39 is 61.6 Å². The lowest BCUT2D eigenvalue weighted by Crippen LogP contribution is -2.83. The van der Waals surface area contributed by atoms with Crippen LogP contribution in [0.1, 0.15) is 6.92 Å². The van der Waals surface area contributed by atoms with Crippen molar-refractivity contribution < 1.29 is 38.5 Å². The van der Waals surface area contributed by atoms with Gasteiger partial charge in [0, 0.05) is 18.2 Å². The maximum Gasteiger partial charge on any atom is 0.355 e. The lowest BCUT2D eigenvalue weighted by molar-refractivity contribution is -0.175. The van der Waals surface area contributed by atoms with Crippen molar-refractivity contribution in [1.82, 2.24) is 4.90 Å². The van der Waals surface area contributed by atoms with Crippen LogP contribution in [0.25, 0.3) is 0 Å². The molecule has 0 aromatic rings. The number of aliphatic hydroxyl groups excluding tert-OH is 1. The van der Waals surface area contributed by atoms with Crippen LogP contribution in [-0.2, 0) is 33.4 Å². The monoisotopic (exact) mass is 606 g/mol. The standard InChI is InChI=1S/C16H16Cl6N2O8S/c1-6(25)30-2-7-3-33-13-16(23,9(26)11(28)32-5-15(20,21)22)12(29)24(13)8(7)10(27)31-4-14(17,18)19/h9,13,26H,2-5,23H2,1H3/t9?,13-,16-/m1/s1. The first-order valence-corrected chi connectivity index (χ1v) is 12.1. The third-order valence-electron chi connectivity index (χ3n) is 4.29. The van der Waals surface area contributed by atoms with E-state index >= 15 is 0 Å². The first-order valence-electron chi connectivity index (χ1n) is 8.74. The van der Waals surface area contributed by atoms with Crippen molar-refractivity contribution in [3.8, 4) is 0 Å². The van der Waals surface area contributed by atoms with Crippen LogP contribution in [0.3, 0.4) is 0 Å². The minimum atomic E-state index is -2.18. The molecule has 0 bridgehead atoms. The molecular weight excluding hydrogens is 593 g/mol. The topological polar surface area (TPSA) is 145 Å². The predicted octanol–water partition coefficient (Wildman–Crippen LogP) is 1.60. The second-order valence-corrected chi connectivity index (χ2v) is 12.9. The third kappa shape index (κ3) is 6.86. The van der Waals surface area contributed by atoms with Gasteiger partial charge in [0.05, 0.1) is 0 Å². The maximum absolute atomic E-state index is 13.0. The molecule has 33 heavy (non-hydrogen) atoms. The summed E-state index contributed by atoms with van der Waals surface area (Å²) in [6, 6.07) is 0. The van der Waals surface area contributed by atoms with Crippen molar-refractivity contribution in [3.05, 3.63) is 11.3 Å². The Morgan fingerprint density at radius 1 is 1.15 bits per heavy atom. The van der Waals surface area contributed by atoms with Gasteiger partial charge in [0.25, 0.3) is 5.91 Å². The highest BCUT2D eigenvalue weighted by molar-refractivity contribution is 8.00. The number of thioether (sulfide) groups is 1. The molecule has 0 aliphatic carbocycles. The number of halogens is 6. The maximum atomic E-state index is 13.0. The van der Waals surface area contributed by atoms with Crippen molar-refractivity contribution in [1.29, 1.82) is 0 Å². The smallest absolute Gasteiger partial charge is 0.355 e. The summed E-state index contributed by atoms with van der Waals surface area (Å²) in [5, 5.41) is 9.34. The molecule has 1 fully saturated rings. The quantitative estimate of drug-likeness (QED) is 0.189. The Balaban J connectivity index is 2.30. The van der Waals surface area contributed by atoms with E-state index in [1.807, 2.05) is 0 Å². The minimum Gasteiger partial charge on any atom is -0.461 e. The number of rotatable bonds is 7. The number of esters is 3. The fourth-order valence-corrected chi connectivity index (χ4v) is 4.62. The van der Waals surface area contributed by atoms with Gasteiger partial charge in [-0.3, -0.25) is 14.5 Å². The Hall–Kier alpha value is -0.370. The van der Waals surface area contributed by atoms with Crippen LogP contribution in [0.2, 0.25) is 0 Å². The summed E-state index contributed by atoms with van der Waals surface area (Å²) >= 11 is 34.3. The molecule has 186 valence electrons. The lowest BCUT2D eigenvalue weighted by Gasteiger charge is -2.56. The van der Waals surface area contributed by atoms with E-state index in [4.69, 9.17) is 89.5 Å². The van der Waals surface area contributed by atoms with Crippen molar-refractivity contribution in [2.75, 3.05) is 25.6 Å². The van der Waals surface area contributed by atoms with E-state index in [9.17, 15) is 24.3 Å². The summed E-state index contributed by atoms with van der Waals surface area (Å²) in [6.07, 6.45) is -2.15. The number of alkyl halides is 6. The summed E-state index contributed by atoms with van der Waals surface area (Å²) in [4.78, 5) is 50.0. The highest BCUT2D eigenvalue weighted by Crippen LogP contribution is 2.47. The van der Waals surface area contributed by atoms with Gasteiger partial charge in [-0.05, 0) is 0 Å². The fourth-order valence-electron chi connectivity index (χ4n) is 2.85. The third-order valence-corrected chi connectivity index (χ3v) is 6.37. The van der Waals surface area contributed by atoms with Crippen LogP contribution in [-0.4, -0.2) is 84.0 Å². The number of aliphatic hydroxyl groups is 1. The van der Waals surface area contributed by atoms with Gasteiger partial charge in [0.2, 0.25) is 7.59 Å². The molecule has 2 aliphatic heterocycles. The van der Waals surface area contributed by atoms with Gasteiger partial charge in [0.1, 0.15) is 30.9 Å². The first kappa shape index (κ1) is 28.9. The second-order valence-electron chi connectivity index (χ2n) is 6.82. The number of nitrogens with zero attached hydrogens (tertiary/aromatic N) is 1. The van der Waals surface area contributed by atoms with E-state index in [0.29, 0.717) is 0 Å². The van der Waals surface area contributed by atoms with E-state index in [1.165, 1.54) is 0 Å². The first-order chi connectivity index (χ1) is 15.0. The van der Waals surface area contributed by atoms with Gasteiger partial charge in [-0.25, -0.2) is 9.59 Å². The molecule has 2 aliphatic rings. The zero-order valence-corrected chi connectivity index (χ0v) is 21.8. The van der Waals surface area contributed by atoms with Gasteiger partial charge in [-0.1, -0.05) is 69.6 Å². The number of fused-ring (bicyclic) bond motifs is 1. The Labute approximate surface area is 221 Å². The number of hydrogen-bond acceptors (Lipinski definition) is 10. The summed E-state index contributed by atoms with van der Waals surface area (Å²) < 4.78 is 10.7. The molecule has 3 atom stereocenters. The number of amides is 1. The SMILES string of the molecule is CC(=O)OCC1=C(C(=O)OCC(Cl)(Cl)Cl)N2C(=O)[C@](N)(C(O)C(=O)OCC(Cl)(Cl)Cl)[C@H]2SC1. The molecule has 1 unspecified atom stereocenters. The molecule has 17 heteroatoms. The zero-order chi connectivity index (χ0) is 25.4. The van der Waals surface area contributed by atoms with Crippen molar-refractivity contribution in [2.45, 2.75) is 31.5 Å². The van der Waals surface area contributed by atoms with Crippen molar-refractivity contribution in [3.63, 3.8) is 0 Å². The molecule has 2 rings (SSSR count). The average molecular weight is 609 g/mol. The normalized spacial score (nSPS) is 24.0. The number of carbonyl (C=O) groups is 4. The molecule has 0 radical (unpaired) electrons. The Bertz CT molecular complexity index is 876. The molecule has 0 aromatic carbocycles. The summed E-state index contributed by atoms with van der Waals surface area (Å²) in [7, 11) is 0. The molecule has 1 amide bonds. The van der Waals surface area contributed by atoms with Crippen LogP contribution >= 0.6 is 81.4 Å².